The molecule has 0 atom stereocenters. The summed E-state index contributed by atoms with van der Waals surface area (Å²) in [5.41, 5.74) is 1.82. The SMILES string of the molecule is CCNC(=NCCCOC1CCCCC1)NCCc1cccc(C(=O)NC)c1.I. The number of hydrogen-bond donors (Lipinski definition) is 3. The van der Waals surface area contributed by atoms with Gasteiger partial charge in [-0.2, -0.15) is 0 Å². The fraction of sp³-hybridized carbons (Fsp3) is 0.636. The van der Waals surface area contributed by atoms with E-state index in [-0.39, 0.29) is 29.9 Å². The molecule has 2 rings (SSSR count). The fourth-order valence-electron chi connectivity index (χ4n) is 3.42. The third-order valence-electron chi connectivity index (χ3n) is 4.94. The van der Waals surface area contributed by atoms with Crippen LogP contribution in [0.25, 0.3) is 0 Å². The molecule has 1 fully saturated rings. The van der Waals surface area contributed by atoms with Crippen LogP contribution in [0.3, 0.4) is 0 Å². The minimum absolute atomic E-state index is 0. The topological polar surface area (TPSA) is 74.8 Å². The normalized spacial score (nSPS) is 14.8. The van der Waals surface area contributed by atoms with Crippen LogP contribution in [0.1, 0.15) is 61.4 Å². The molecule has 0 spiro atoms. The van der Waals surface area contributed by atoms with Crippen LogP contribution >= 0.6 is 24.0 Å². The number of rotatable bonds is 10. The number of aliphatic imine (C=N–C) groups is 1. The lowest BCUT2D eigenvalue weighted by atomic mass is 9.98. The second kappa shape index (κ2) is 15.5. The molecule has 6 nitrogen and oxygen atoms in total. The number of guanidine groups is 1. The molecule has 0 unspecified atom stereocenters. The molecular formula is C22H37IN4O2. The zero-order chi connectivity index (χ0) is 20.0. The summed E-state index contributed by atoms with van der Waals surface area (Å²) in [6, 6.07) is 7.73. The Morgan fingerprint density at radius 1 is 1.21 bits per heavy atom. The van der Waals surface area contributed by atoms with E-state index in [9.17, 15) is 4.79 Å². The van der Waals surface area contributed by atoms with Gasteiger partial charge in [0.05, 0.1) is 6.10 Å². The number of nitrogens with zero attached hydrogens (tertiary/aromatic N) is 1. The maximum Gasteiger partial charge on any atom is 0.251 e. The first-order valence-corrected chi connectivity index (χ1v) is 10.7. The minimum Gasteiger partial charge on any atom is -0.378 e. The molecule has 0 radical (unpaired) electrons. The van der Waals surface area contributed by atoms with Crippen molar-refractivity contribution in [3.63, 3.8) is 0 Å². The summed E-state index contributed by atoms with van der Waals surface area (Å²) in [4.78, 5) is 16.4. The van der Waals surface area contributed by atoms with E-state index in [0.29, 0.717) is 11.7 Å². The largest absolute Gasteiger partial charge is 0.378 e. The molecule has 0 bridgehead atoms. The van der Waals surface area contributed by atoms with Gasteiger partial charge in [-0.05, 0) is 50.3 Å². The quantitative estimate of drug-likeness (QED) is 0.193. The molecule has 1 aliphatic carbocycles. The zero-order valence-corrected chi connectivity index (χ0v) is 20.2. The molecule has 0 heterocycles. The minimum atomic E-state index is -0.0554. The number of hydrogen-bond acceptors (Lipinski definition) is 3. The van der Waals surface area contributed by atoms with E-state index in [0.717, 1.165) is 50.6 Å². The number of amides is 1. The van der Waals surface area contributed by atoms with Crippen molar-refractivity contribution in [2.75, 3.05) is 33.3 Å². The van der Waals surface area contributed by atoms with Gasteiger partial charge in [0.1, 0.15) is 0 Å². The molecule has 1 amide bonds. The van der Waals surface area contributed by atoms with Crippen LogP contribution in [0.4, 0.5) is 0 Å². The molecule has 164 valence electrons. The van der Waals surface area contributed by atoms with E-state index in [1.165, 1.54) is 32.1 Å². The van der Waals surface area contributed by atoms with Crippen molar-refractivity contribution >= 4 is 35.8 Å². The summed E-state index contributed by atoms with van der Waals surface area (Å²) in [7, 11) is 1.65. The van der Waals surface area contributed by atoms with Crippen LogP contribution in [0, 0.1) is 0 Å². The van der Waals surface area contributed by atoms with Crippen molar-refractivity contribution < 1.29 is 9.53 Å². The van der Waals surface area contributed by atoms with Crippen molar-refractivity contribution in [2.45, 2.75) is 58.0 Å². The second-order valence-corrected chi connectivity index (χ2v) is 7.20. The van der Waals surface area contributed by atoms with Crippen LogP contribution in [-0.4, -0.2) is 51.3 Å². The van der Waals surface area contributed by atoms with Crippen molar-refractivity contribution in [1.29, 1.82) is 0 Å². The Hall–Kier alpha value is -1.35. The number of carbonyl (C=O) groups is 1. The Kier molecular flexibility index (Phi) is 13.7. The predicted molar refractivity (Wildman–Crippen MR) is 130 cm³/mol. The molecule has 1 aliphatic rings. The van der Waals surface area contributed by atoms with Gasteiger partial charge in [0.15, 0.2) is 5.96 Å². The van der Waals surface area contributed by atoms with Crippen molar-refractivity contribution in [3.8, 4) is 0 Å². The second-order valence-electron chi connectivity index (χ2n) is 7.20. The molecule has 0 aromatic heterocycles. The van der Waals surface area contributed by atoms with E-state index < -0.39 is 0 Å². The molecule has 1 aromatic carbocycles. The van der Waals surface area contributed by atoms with Gasteiger partial charge in [-0.25, -0.2) is 0 Å². The van der Waals surface area contributed by atoms with E-state index in [1.54, 1.807) is 7.05 Å². The zero-order valence-electron chi connectivity index (χ0n) is 17.8. The molecular weight excluding hydrogens is 479 g/mol. The van der Waals surface area contributed by atoms with E-state index in [2.05, 4.69) is 27.9 Å². The third kappa shape index (κ3) is 10.3. The number of nitrogens with one attached hydrogen (secondary N) is 3. The summed E-state index contributed by atoms with van der Waals surface area (Å²) < 4.78 is 5.96. The highest BCUT2D eigenvalue weighted by Gasteiger charge is 2.12. The number of halogens is 1. The molecule has 3 N–H and O–H groups in total. The first kappa shape index (κ1) is 25.7. The third-order valence-corrected chi connectivity index (χ3v) is 4.94. The van der Waals surface area contributed by atoms with Crippen LogP contribution in [0.15, 0.2) is 29.3 Å². The highest BCUT2D eigenvalue weighted by atomic mass is 127. The summed E-state index contributed by atoms with van der Waals surface area (Å²) in [5, 5.41) is 9.31. The summed E-state index contributed by atoms with van der Waals surface area (Å²) in [5.74, 6) is 0.780. The van der Waals surface area contributed by atoms with Gasteiger partial charge < -0.3 is 20.7 Å². The molecule has 1 saturated carbocycles. The summed E-state index contributed by atoms with van der Waals surface area (Å²) >= 11 is 0. The monoisotopic (exact) mass is 516 g/mol. The lowest BCUT2D eigenvalue weighted by Crippen LogP contribution is -2.38. The molecule has 29 heavy (non-hydrogen) atoms. The smallest absolute Gasteiger partial charge is 0.251 e. The maximum atomic E-state index is 11.7. The Bertz CT molecular complexity index is 619. The molecule has 7 heteroatoms. The van der Waals surface area contributed by atoms with Gasteiger partial charge in [-0.1, -0.05) is 31.4 Å². The average molecular weight is 516 g/mol. The summed E-state index contributed by atoms with van der Waals surface area (Å²) in [6.07, 6.45) is 8.66. The first-order chi connectivity index (χ1) is 13.7. The predicted octanol–water partition coefficient (Wildman–Crippen LogP) is 3.50. The molecule has 0 saturated heterocycles. The van der Waals surface area contributed by atoms with Crippen LogP contribution in [0.2, 0.25) is 0 Å². The van der Waals surface area contributed by atoms with Gasteiger partial charge in [0.25, 0.3) is 5.91 Å². The van der Waals surface area contributed by atoms with Crippen LogP contribution in [0.5, 0.6) is 0 Å². The lowest BCUT2D eigenvalue weighted by molar-refractivity contribution is 0.0281. The fourth-order valence-corrected chi connectivity index (χ4v) is 3.42. The Labute approximate surface area is 192 Å². The van der Waals surface area contributed by atoms with Gasteiger partial charge >= 0.3 is 0 Å². The van der Waals surface area contributed by atoms with Gasteiger partial charge in [-0.3, -0.25) is 9.79 Å². The lowest BCUT2D eigenvalue weighted by Gasteiger charge is -2.21. The number of carbonyl (C=O) groups excluding carboxylic acids is 1. The highest BCUT2D eigenvalue weighted by molar-refractivity contribution is 14.0. The van der Waals surface area contributed by atoms with Crippen molar-refractivity contribution in [3.05, 3.63) is 35.4 Å². The first-order valence-electron chi connectivity index (χ1n) is 10.7. The Morgan fingerprint density at radius 2 is 2.00 bits per heavy atom. The van der Waals surface area contributed by atoms with Crippen LogP contribution in [-0.2, 0) is 11.2 Å². The van der Waals surface area contributed by atoms with E-state index in [1.807, 2.05) is 24.3 Å². The van der Waals surface area contributed by atoms with E-state index in [4.69, 9.17) is 4.74 Å². The van der Waals surface area contributed by atoms with Gasteiger partial charge in [0.2, 0.25) is 0 Å². The Balaban J connectivity index is 0.00000420. The Morgan fingerprint density at radius 3 is 2.72 bits per heavy atom. The molecule has 0 aliphatic heterocycles. The number of ether oxygens (including phenoxy) is 1. The highest BCUT2D eigenvalue weighted by Crippen LogP contribution is 2.20. The van der Waals surface area contributed by atoms with Crippen LogP contribution < -0.4 is 16.0 Å². The van der Waals surface area contributed by atoms with Crippen molar-refractivity contribution in [2.24, 2.45) is 4.99 Å². The maximum absolute atomic E-state index is 11.7. The van der Waals surface area contributed by atoms with E-state index >= 15 is 0 Å². The average Bonchev–Trinajstić information content (AvgIpc) is 2.74. The molecule has 1 aromatic rings. The number of benzene rings is 1. The van der Waals surface area contributed by atoms with Crippen molar-refractivity contribution in [1.82, 2.24) is 16.0 Å². The summed E-state index contributed by atoms with van der Waals surface area (Å²) in [6.45, 7) is 5.21. The van der Waals surface area contributed by atoms with Gasteiger partial charge in [-0.15, -0.1) is 24.0 Å². The standard InChI is InChI=1S/C22H36N4O2.HI/c1-3-24-22(25-14-8-16-28-20-11-5-4-6-12-20)26-15-13-18-9-7-10-19(17-18)21(27)23-2;/h7,9-10,17,20H,3-6,8,11-16H2,1-2H3,(H,23,27)(H2,24,25,26);1H. The van der Waals surface area contributed by atoms with Gasteiger partial charge in [0, 0.05) is 38.9 Å².